The number of halogens is 4. The molecule has 0 amide bonds. The van der Waals surface area contributed by atoms with E-state index in [0.717, 1.165) is 33.1 Å². The third kappa shape index (κ3) is 22.6. The molecule has 0 saturated carbocycles. The van der Waals surface area contributed by atoms with Gasteiger partial charge in [-0.1, -0.05) is 143 Å². The van der Waals surface area contributed by atoms with Gasteiger partial charge in [-0.3, -0.25) is 0 Å². The maximum absolute atomic E-state index is 12.2. The number of aryl methyl sites for hydroxylation is 9. The van der Waals surface area contributed by atoms with Crippen LogP contribution in [0.15, 0.2) is 125 Å². The number of alkyl halides is 1. The highest BCUT2D eigenvalue weighted by Gasteiger charge is 2.44. The summed E-state index contributed by atoms with van der Waals surface area (Å²) in [6.07, 6.45) is 0. The lowest BCUT2D eigenvalue weighted by atomic mass is 9.81. The summed E-state index contributed by atoms with van der Waals surface area (Å²) >= 11 is 26.4. The van der Waals surface area contributed by atoms with Gasteiger partial charge in [0.1, 0.15) is 0 Å². The maximum atomic E-state index is 12.2. The molecular formula is C74H100Br3ClO8S6. The summed E-state index contributed by atoms with van der Waals surface area (Å²) in [5.74, 6) is 3.28. The first-order valence-electron chi connectivity index (χ1n) is 29.7. The number of hydrogen-bond acceptors (Lipinski definition) is 9. The lowest BCUT2D eigenvalue weighted by Gasteiger charge is -2.21. The number of allylic oxidation sites excluding steroid dienone is 1. The molecule has 0 spiro atoms. The van der Waals surface area contributed by atoms with E-state index in [-0.39, 0.29) is 27.7 Å². The topological polar surface area (TPSA) is 172 Å². The molecule has 0 bridgehead atoms. The van der Waals surface area contributed by atoms with Gasteiger partial charge >= 0.3 is 11.9 Å². The molecule has 508 valence electrons. The van der Waals surface area contributed by atoms with Crippen molar-refractivity contribution in [1.29, 1.82) is 0 Å². The Balaban J connectivity index is 0.000000543. The highest BCUT2D eigenvalue weighted by Crippen LogP contribution is 2.50. The molecule has 4 aliphatic rings. The largest absolute Gasteiger partial charge is 0.478 e. The smallest absolute Gasteiger partial charge is 0.335 e. The Kier molecular flexibility index (Phi) is 34.7. The third-order valence-electron chi connectivity index (χ3n) is 15.8. The molecule has 6 N–H and O–H groups in total. The lowest BCUT2D eigenvalue weighted by Crippen LogP contribution is -2.20. The third-order valence-corrected chi connectivity index (χ3v) is 26.3. The summed E-state index contributed by atoms with van der Waals surface area (Å²) in [7, 11) is -3.30. The Labute approximate surface area is 604 Å². The molecule has 18 heteroatoms. The van der Waals surface area contributed by atoms with Crippen LogP contribution in [0.25, 0.3) is 0 Å². The molecule has 0 aliphatic carbocycles. The standard InChI is InChI=1S/C13H16O4S.C13H16O2S.C12H15BrS.2C12H16S.C8H10S.C4H7Cl.Br2.2H2O/c1-7-5-9(12(14)15)8(2)10-11(7)18(16,17)6-13(10,3)4;1-7-5-9(12(14)15)8(2)10-11(7)16-6-13(10,3)4;1-7-5-9(13)8(2)10-11(7)14-6-12(10,3)4;1-8-5-6-9(2)11-10(8)12(3,4)7-13-11;1-9(2)8-13-12-7-10(3)5-6-11(12)4;1-6-3-4-7(2)8(9)5-6;1-4(2)3-5;1-2;;/h5H,6H2,1-4H3,(H,14,15);5H,6H2,1-4H3,(H,14,15);5H,6H2,1-4H3;5-6H,7H2,1-4H3;5-7H,1,8H2,2-4H3;3-5,9H,1-2H3;1,3H2,2H3;;2*1H2. The van der Waals surface area contributed by atoms with Crippen molar-refractivity contribution in [3.8, 4) is 0 Å². The van der Waals surface area contributed by atoms with Crippen LogP contribution in [0.1, 0.15) is 179 Å². The van der Waals surface area contributed by atoms with Gasteiger partial charge in [0.25, 0.3) is 0 Å². The van der Waals surface area contributed by atoms with Crippen molar-refractivity contribution in [2.24, 2.45) is 0 Å². The van der Waals surface area contributed by atoms with Crippen molar-refractivity contribution in [2.45, 2.75) is 203 Å². The minimum atomic E-state index is -3.30. The van der Waals surface area contributed by atoms with E-state index in [9.17, 15) is 28.2 Å². The average Bonchev–Trinajstić information content (AvgIpc) is 1.62. The Morgan fingerprint density at radius 2 is 0.924 bits per heavy atom. The van der Waals surface area contributed by atoms with Gasteiger partial charge < -0.3 is 21.2 Å². The quantitative estimate of drug-likeness (QED) is 0.0631. The van der Waals surface area contributed by atoms with E-state index < -0.39 is 27.2 Å². The summed E-state index contributed by atoms with van der Waals surface area (Å²) in [6.45, 7) is 53.4. The average molecular weight is 1590 g/mol. The zero-order chi connectivity index (χ0) is 69.1. The van der Waals surface area contributed by atoms with E-state index in [1.165, 1.54) is 97.3 Å². The molecule has 0 fully saturated rings. The predicted molar refractivity (Wildman–Crippen MR) is 417 cm³/mol. The molecule has 6 aromatic carbocycles. The number of carboxylic acids is 2. The van der Waals surface area contributed by atoms with Crippen LogP contribution in [-0.4, -0.2) is 76.2 Å². The van der Waals surface area contributed by atoms with E-state index in [1.54, 1.807) is 31.0 Å². The minimum Gasteiger partial charge on any atom is -0.478 e. The predicted octanol–water partition coefficient (Wildman–Crippen LogP) is 22.0. The molecule has 8 nitrogen and oxygen atoms in total. The van der Waals surface area contributed by atoms with Crippen LogP contribution in [0.2, 0.25) is 0 Å². The van der Waals surface area contributed by atoms with Crippen molar-refractivity contribution >= 4 is 137 Å². The SMILES string of the molecule is BrBr.C=C(C)CCl.C=C(C)CSc1cc(C)ccc1C.Cc1cc(Br)c(C)c2c1SCC2(C)C.Cc1cc(C(=O)O)c(C)c2c1S(=O)(=O)CC2(C)C.Cc1cc(C(=O)O)c(C)c2c1SCC2(C)C.Cc1ccc(C)c(S)c1.Cc1ccc(C)c2c1SCC2(C)C.O.O. The van der Waals surface area contributed by atoms with E-state index in [0.29, 0.717) is 43.9 Å². The first kappa shape index (κ1) is 87.1. The number of sulfone groups is 1. The van der Waals surface area contributed by atoms with Crippen LogP contribution in [0.5, 0.6) is 0 Å². The number of thiol groups is 1. The molecule has 0 radical (unpaired) electrons. The number of aromatic carboxylic acids is 2. The van der Waals surface area contributed by atoms with Crippen LogP contribution in [-0.2, 0) is 31.5 Å². The second-order valence-electron chi connectivity index (χ2n) is 26.7. The first-order valence-corrected chi connectivity index (χ1v) is 40.8. The molecule has 0 atom stereocenters. The summed E-state index contributed by atoms with van der Waals surface area (Å²) < 4.78 is 25.6. The zero-order valence-corrected chi connectivity index (χ0v) is 68.5. The van der Waals surface area contributed by atoms with Gasteiger partial charge in [0, 0.05) is 108 Å². The highest BCUT2D eigenvalue weighted by molar-refractivity contribution is 9.93. The van der Waals surface area contributed by atoms with Crippen LogP contribution < -0.4 is 0 Å². The maximum Gasteiger partial charge on any atom is 0.335 e. The molecule has 0 unspecified atom stereocenters. The fourth-order valence-electron chi connectivity index (χ4n) is 11.5. The Hall–Kier alpha value is -2.91. The summed E-state index contributed by atoms with van der Waals surface area (Å²) in [6, 6.07) is 22.8. The molecule has 4 aliphatic heterocycles. The first-order chi connectivity index (χ1) is 41.4. The number of rotatable bonds is 6. The molecule has 92 heavy (non-hydrogen) atoms. The van der Waals surface area contributed by atoms with Gasteiger partial charge in [0.15, 0.2) is 9.84 Å². The van der Waals surface area contributed by atoms with Gasteiger partial charge in [-0.25, -0.2) is 18.0 Å². The number of carboxylic acid groups (broad SMARTS) is 2. The van der Waals surface area contributed by atoms with Crippen molar-refractivity contribution in [3.63, 3.8) is 0 Å². The lowest BCUT2D eigenvalue weighted by molar-refractivity contribution is 0.0684. The Morgan fingerprint density at radius 1 is 0.543 bits per heavy atom. The van der Waals surface area contributed by atoms with Crippen molar-refractivity contribution in [2.75, 3.05) is 34.6 Å². The van der Waals surface area contributed by atoms with Crippen LogP contribution in [0.3, 0.4) is 0 Å². The number of carbonyl (C=O) groups is 2. The van der Waals surface area contributed by atoms with Crippen LogP contribution in [0.4, 0.5) is 0 Å². The number of hydrogen-bond donors (Lipinski definition) is 3. The van der Waals surface area contributed by atoms with Crippen molar-refractivity contribution in [3.05, 3.63) is 196 Å². The van der Waals surface area contributed by atoms with Crippen molar-refractivity contribution < 1.29 is 39.2 Å². The van der Waals surface area contributed by atoms with E-state index in [4.69, 9.17) is 11.6 Å². The van der Waals surface area contributed by atoms with Crippen molar-refractivity contribution in [1.82, 2.24) is 0 Å². The monoisotopic (exact) mass is 1580 g/mol. The van der Waals surface area contributed by atoms with E-state index in [1.807, 2.05) is 81.7 Å². The van der Waals surface area contributed by atoms with Gasteiger partial charge in [-0.05, 0) is 205 Å². The van der Waals surface area contributed by atoms with Gasteiger partial charge in [0.05, 0.1) is 21.8 Å². The number of benzene rings is 6. The normalized spacial score (nSPS) is 15.1. The van der Waals surface area contributed by atoms with E-state index in [2.05, 4.69) is 228 Å². The highest BCUT2D eigenvalue weighted by atomic mass is 80.9. The number of fused-ring (bicyclic) bond motifs is 4. The number of thioether (sulfide) groups is 4. The van der Waals surface area contributed by atoms with Gasteiger partial charge in [0.2, 0.25) is 0 Å². The minimum absolute atomic E-state index is 0. The fourth-order valence-corrected chi connectivity index (χ4v) is 20.3. The molecular weight excluding hydrogens is 1480 g/mol. The molecule has 10 rings (SSSR count). The Morgan fingerprint density at radius 3 is 1.35 bits per heavy atom. The van der Waals surface area contributed by atoms with Crippen LogP contribution >= 0.6 is 115 Å². The second kappa shape index (κ2) is 36.6. The summed E-state index contributed by atoms with van der Waals surface area (Å²) in [5, 5.41) is 18.4. The molecule has 6 aromatic rings. The molecule has 0 aromatic heterocycles. The van der Waals surface area contributed by atoms with E-state index >= 15 is 0 Å². The van der Waals surface area contributed by atoms with Gasteiger partial charge in [-0.2, -0.15) is 0 Å². The molecule has 4 heterocycles. The zero-order valence-electron chi connectivity index (χ0n) is 58.0. The van der Waals surface area contributed by atoms with Gasteiger partial charge in [-0.15, -0.1) is 71.3 Å². The summed E-state index contributed by atoms with van der Waals surface area (Å²) in [5.41, 5.74) is 22.2. The second-order valence-corrected chi connectivity index (χ2v) is 34.2. The fraction of sp³-hybridized carbons (Fsp3) is 0.432. The Bertz CT molecular complexity index is 3760. The van der Waals surface area contributed by atoms with Crippen LogP contribution in [0, 0.1) is 83.1 Å². The summed E-state index contributed by atoms with van der Waals surface area (Å²) in [4.78, 5) is 29.5. The molecule has 0 saturated heterocycles.